The number of carboxylic acids is 1. The molecule has 3 atom stereocenters. The van der Waals surface area contributed by atoms with Gasteiger partial charge in [-0.3, -0.25) is 4.79 Å². The summed E-state index contributed by atoms with van der Waals surface area (Å²) in [6.45, 7) is 8.69. The monoisotopic (exact) mass is 270 g/mol. The maximum Gasteiger partial charge on any atom is 0.320 e. The van der Waals surface area contributed by atoms with Gasteiger partial charge in [-0.2, -0.15) is 0 Å². The topological polar surface area (TPSA) is 60.9 Å². The van der Waals surface area contributed by atoms with Gasteiger partial charge in [0.2, 0.25) is 0 Å². The molecule has 0 aromatic heterocycles. The molecule has 0 aromatic rings. The third-order valence-electron chi connectivity index (χ3n) is 4.35. The lowest BCUT2D eigenvalue weighted by Gasteiger charge is -2.40. The fourth-order valence-corrected chi connectivity index (χ4v) is 2.50. The van der Waals surface area contributed by atoms with Crippen LogP contribution in [0.5, 0.6) is 0 Å². The minimum atomic E-state index is -0.747. The Labute approximate surface area is 115 Å². The molecule has 1 aliphatic rings. The second-order valence-electron chi connectivity index (χ2n) is 5.98. The van der Waals surface area contributed by atoms with Gasteiger partial charge in [-0.15, -0.1) is 0 Å². The molecular formula is C14H26N2O3. The van der Waals surface area contributed by atoms with Crippen molar-refractivity contribution in [1.29, 1.82) is 0 Å². The van der Waals surface area contributed by atoms with E-state index in [2.05, 4.69) is 13.8 Å². The van der Waals surface area contributed by atoms with E-state index in [1.165, 1.54) is 0 Å². The Balaban J connectivity index is 2.66. The summed E-state index contributed by atoms with van der Waals surface area (Å²) in [5.41, 5.74) is 0. The van der Waals surface area contributed by atoms with Crippen LogP contribution in [0.3, 0.4) is 0 Å². The molecule has 19 heavy (non-hydrogen) atoms. The Morgan fingerprint density at radius 3 is 2.32 bits per heavy atom. The van der Waals surface area contributed by atoms with E-state index < -0.39 is 5.97 Å². The first-order chi connectivity index (χ1) is 8.75. The highest BCUT2D eigenvalue weighted by Crippen LogP contribution is 2.24. The van der Waals surface area contributed by atoms with Crippen molar-refractivity contribution < 1.29 is 14.7 Å². The summed E-state index contributed by atoms with van der Waals surface area (Å²) in [6, 6.07) is 0.179. The van der Waals surface area contributed by atoms with Crippen LogP contribution < -0.4 is 0 Å². The van der Waals surface area contributed by atoms with E-state index in [1.54, 1.807) is 9.80 Å². The zero-order valence-corrected chi connectivity index (χ0v) is 12.6. The largest absolute Gasteiger partial charge is 0.481 e. The lowest BCUT2D eigenvalue weighted by Crippen LogP contribution is -2.53. The first kappa shape index (κ1) is 15.8. The van der Waals surface area contributed by atoms with Gasteiger partial charge in [-0.1, -0.05) is 13.8 Å². The van der Waals surface area contributed by atoms with Crippen molar-refractivity contribution >= 4 is 12.0 Å². The number of rotatable bonds is 3. The van der Waals surface area contributed by atoms with Crippen LogP contribution in [0.4, 0.5) is 4.79 Å². The van der Waals surface area contributed by atoms with E-state index in [0.717, 1.165) is 0 Å². The first-order valence-electron chi connectivity index (χ1n) is 7.02. The molecule has 1 saturated heterocycles. The number of urea groups is 1. The van der Waals surface area contributed by atoms with E-state index in [1.807, 2.05) is 20.9 Å². The van der Waals surface area contributed by atoms with Crippen LogP contribution >= 0.6 is 0 Å². The molecule has 0 spiro atoms. The molecule has 0 bridgehead atoms. The van der Waals surface area contributed by atoms with Crippen LogP contribution in [0.2, 0.25) is 0 Å². The zero-order valence-electron chi connectivity index (χ0n) is 12.6. The van der Waals surface area contributed by atoms with Crippen molar-refractivity contribution in [3.05, 3.63) is 0 Å². The Morgan fingerprint density at radius 2 is 1.89 bits per heavy atom. The van der Waals surface area contributed by atoms with Gasteiger partial charge in [0.25, 0.3) is 0 Å². The molecule has 1 aliphatic heterocycles. The summed E-state index contributed by atoms with van der Waals surface area (Å²) in [7, 11) is 1.82. The summed E-state index contributed by atoms with van der Waals surface area (Å²) in [6.07, 6.45) is 1.10. The number of hydrogen-bond acceptors (Lipinski definition) is 2. The van der Waals surface area contributed by atoms with Crippen molar-refractivity contribution in [3.8, 4) is 0 Å². The number of nitrogens with zero attached hydrogens (tertiary/aromatic N) is 2. The third-order valence-corrected chi connectivity index (χ3v) is 4.35. The molecule has 2 amide bonds. The molecule has 0 aliphatic carbocycles. The number of aliphatic carboxylic acids is 1. The van der Waals surface area contributed by atoms with E-state index in [9.17, 15) is 9.59 Å². The van der Waals surface area contributed by atoms with Crippen molar-refractivity contribution in [1.82, 2.24) is 9.80 Å². The van der Waals surface area contributed by atoms with Crippen LogP contribution in [0.15, 0.2) is 0 Å². The van der Waals surface area contributed by atoms with E-state index in [0.29, 0.717) is 25.3 Å². The van der Waals surface area contributed by atoms with Gasteiger partial charge < -0.3 is 14.9 Å². The molecule has 0 saturated carbocycles. The molecule has 5 heteroatoms. The summed E-state index contributed by atoms with van der Waals surface area (Å²) >= 11 is 0. The van der Waals surface area contributed by atoms with Gasteiger partial charge in [0.1, 0.15) is 0 Å². The molecule has 110 valence electrons. The van der Waals surface area contributed by atoms with Crippen LogP contribution in [-0.2, 0) is 4.79 Å². The normalized spacial score (nSPS) is 25.3. The molecular weight excluding hydrogens is 244 g/mol. The fraction of sp³-hybridized carbons (Fsp3) is 0.857. The first-order valence-corrected chi connectivity index (χ1v) is 7.02. The van der Waals surface area contributed by atoms with Crippen molar-refractivity contribution in [3.63, 3.8) is 0 Å². The molecule has 1 N–H and O–H groups in total. The lowest BCUT2D eigenvalue weighted by molar-refractivity contribution is -0.143. The number of amides is 2. The highest BCUT2D eigenvalue weighted by Gasteiger charge is 2.34. The van der Waals surface area contributed by atoms with Crippen molar-refractivity contribution in [2.24, 2.45) is 11.8 Å². The molecule has 5 nitrogen and oxygen atoms in total. The van der Waals surface area contributed by atoms with Crippen LogP contribution in [0.1, 0.15) is 40.5 Å². The summed E-state index contributed by atoms with van der Waals surface area (Å²) < 4.78 is 0. The SMILES string of the molecule is CC(C)C(C)N(C)C(=O)N1CCC(C(=O)O)CC1C. The van der Waals surface area contributed by atoms with Crippen LogP contribution in [0.25, 0.3) is 0 Å². The Bertz CT molecular complexity index is 344. The third kappa shape index (κ3) is 3.61. The molecule has 1 rings (SSSR count). The number of piperidine rings is 1. The maximum absolute atomic E-state index is 12.4. The highest BCUT2D eigenvalue weighted by molar-refractivity contribution is 5.76. The van der Waals surface area contributed by atoms with Crippen molar-refractivity contribution in [2.75, 3.05) is 13.6 Å². The predicted octanol–water partition coefficient (Wildman–Crippen LogP) is 2.27. The lowest BCUT2D eigenvalue weighted by atomic mass is 9.92. The van der Waals surface area contributed by atoms with Gasteiger partial charge >= 0.3 is 12.0 Å². The zero-order chi connectivity index (χ0) is 14.7. The van der Waals surface area contributed by atoms with Gasteiger partial charge in [-0.05, 0) is 32.6 Å². The van der Waals surface area contributed by atoms with Crippen LogP contribution in [0, 0.1) is 11.8 Å². The maximum atomic E-state index is 12.4. The second-order valence-corrected chi connectivity index (χ2v) is 5.98. The van der Waals surface area contributed by atoms with E-state index in [4.69, 9.17) is 5.11 Å². The Kier molecular flexibility index (Phi) is 5.20. The summed E-state index contributed by atoms with van der Waals surface area (Å²) in [5.74, 6) is -0.657. The molecule has 0 radical (unpaired) electrons. The standard InChI is InChI=1S/C14H26N2O3/c1-9(2)11(4)15(5)14(19)16-7-6-12(13(17)18)8-10(16)3/h9-12H,6-8H2,1-5H3,(H,17,18). The number of hydrogen-bond donors (Lipinski definition) is 1. The van der Waals surface area contributed by atoms with E-state index >= 15 is 0 Å². The summed E-state index contributed by atoms with van der Waals surface area (Å²) in [4.78, 5) is 27.0. The molecule has 3 unspecified atom stereocenters. The second kappa shape index (κ2) is 6.26. The average molecular weight is 270 g/mol. The van der Waals surface area contributed by atoms with Crippen LogP contribution in [-0.4, -0.2) is 52.6 Å². The fourth-order valence-electron chi connectivity index (χ4n) is 2.50. The van der Waals surface area contributed by atoms with Gasteiger partial charge in [0.05, 0.1) is 5.92 Å². The number of carboxylic acid groups (broad SMARTS) is 1. The number of likely N-dealkylation sites (tertiary alicyclic amines) is 1. The Morgan fingerprint density at radius 1 is 1.32 bits per heavy atom. The molecule has 1 fully saturated rings. The minimum Gasteiger partial charge on any atom is -0.481 e. The highest BCUT2D eigenvalue weighted by atomic mass is 16.4. The molecule has 0 aromatic carbocycles. The minimum absolute atomic E-state index is 0.0100. The predicted molar refractivity (Wildman–Crippen MR) is 74.0 cm³/mol. The van der Waals surface area contributed by atoms with E-state index in [-0.39, 0.29) is 24.0 Å². The van der Waals surface area contributed by atoms with Gasteiger partial charge in [-0.25, -0.2) is 4.79 Å². The van der Waals surface area contributed by atoms with Gasteiger partial charge in [0.15, 0.2) is 0 Å². The number of carbonyl (C=O) groups is 2. The molecule has 1 heterocycles. The summed E-state index contributed by atoms with van der Waals surface area (Å²) in [5, 5.41) is 9.04. The Hall–Kier alpha value is -1.26. The number of carbonyl (C=O) groups excluding carboxylic acids is 1. The van der Waals surface area contributed by atoms with Gasteiger partial charge in [0, 0.05) is 25.7 Å². The van der Waals surface area contributed by atoms with Crippen molar-refractivity contribution in [2.45, 2.75) is 52.6 Å². The average Bonchev–Trinajstić information content (AvgIpc) is 2.35. The quantitative estimate of drug-likeness (QED) is 0.855. The smallest absolute Gasteiger partial charge is 0.320 e.